The molecule has 0 saturated carbocycles. The van der Waals surface area contributed by atoms with E-state index in [1.807, 2.05) is 6.92 Å². The summed E-state index contributed by atoms with van der Waals surface area (Å²) in [5.41, 5.74) is 6.22. The molecule has 0 spiro atoms. The van der Waals surface area contributed by atoms with Gasteiger partial charge in [-0.15, -0.1) is 0 Å². The number of aromatic nitrogens is 1. The largest absolute Gasteiger partial charge is 0.382 e. The molecule has 0 aromatic carbocycles. The number of anilines is 2. The first-order valence-electron chi connectivity index (χ1n) is 5.47. The highest BCUT2D eigenvalue weighted by Gasteiger charge is 2.26. The molecule has 1 saturated heterocycles. The number of nitrogens with zero attached hydrogens (tertiary/aromatic N) is 2. The van der Waals surface area contributed by atoms with Crippen LogP contribution in [0.2, 0.25) is 0 Å². The quantitative estimate of drug-likeness (QED) is 0.796. The molecule has 6 nitrogen and oxygen atoms in total. The minimum atomic E-state index is -0.189. The summed E-state index contributed by atoms with van der Waals surface area (Å²) in [6.07, 6.45) is 0.157. The van der Waals surface area contributed by atoms with Gasteiger partial charge in [-0.2, -0.15) is 4.37 Å². The average molecular weight is 256 g/mol. The average Bonchev–Trinajstić information content (AvgIpc) is 2.70. The molecular weight excluding hydrogens is 240 g/mol. The maximum absolute atomic E-state index is 11.8. The van der Waals surface area contributed by atoms with Gasteiger partial charge in [-0.1, -0.05) is 0 Å². The van der Waals surface area contributed by atoms with Crippen LogP contribution in [0.25, 0.3) is 0 Å². The van der Waals surface area contributed by atoms with E-state index >= 15 is 0 Å². The molecule has 1 fully saturated rings. The molecule has 2 heterocycles. The number of hydrogen-bond acceptors (Lipinski definition) is 6. The maximum Gasteiger partial charge on any atom is 0.257 e. The zero-order valence-electron chi connectivity index (χ0n) is 9.90. The van der Waals surface area contributed by atoms with E-state index in [-0.39, 0.29) is 12.0 Å². The number of rotatable bonds is 2. The van der Waals surface area contributed by atoms with Crippen molar-refractivity contribution in [1.29, 1.82) is 0 Å². The number of hydrogen-bond donors (Lipinski definition) is 2. The third-order valence-electron chi connectivity index (χ3n) is 2.68. The van der Waals surface area contributed by atoms with Gasteiger partial charge in [0.25, 0.3) is 5.91 Å². The Hall–Kier alpha value is -1.34. The lowest BCUT2D eigenvalue weighted by molar-refractivity contribution is 0.0533. The highest BCUT2D eigenvalue weighted by molar-refractivity contribution is 7.11. The van der Waals surface area contributed by atoms with Crippen LogP contribution in [0.1, 0.15) is 17.3 Å². The van der Waals surface area contributed by atoms with Gasteiger partial charge in [-0.3, -0.25) is 4.79 Å². The molecule has 7 heteroatoms. The van der Waals surface area contributed by atoms with E-state index in [1.165, 1.54) is 11.5 Å². The van der Waals surface area contributed by atoms with Gasteiger partial charge in [0.2, 0.25) is 0 Å². The number of morpholine rings is 1. The molecule has 1 unspecified atom stereocenters. The molecular formula is C10H16N4O2S. The van der Waals surface area contributed by atoms with Crippen molar-refractivity contribution in [3.8, 4) is 0 Å². The van der Waals surface area contributed by atoms with Crippen molar-refractivity contribution in [2.75, 3.05) is 37.4 Å². The normalized spacial score (nSPS) is 20.4. The fraction of sp³-hybridized carbons (Fsp3) is 0.600. The molecule has 94 valence electrons. The van der Waals surface area contributed by atoms with Crippen molar-refractivity contribution in [2.45, 2.75) is 13.0 Å². The van der Waals surface area contributed by atoms with Crippen molar-refractivity contribution in [2.24, 2.45) is 0 Å². The minimum absolute atomic E-state index is 0.157. The molecule has 0 bridgehead atoms. The van der Waals surface area contributed by atoms with Gasteiger partial charge < -0.3 is 20.7 Å². The number of nitrogens with one attached hydrogen (secondary N) is 1. The number of carbonyl (C=O) groups excluding carboxylic acids is 1. The van der Waals surface area contributed by atoms with Crippen LogP contribution in [0, 0.1) is 0 Å². The van der Waals surface area contributed by atoms with Gasteiger partial charge in [0, 0.05) is 20.1 Å². The summed E-state index contributed by atoms with van der Waals surface area (Å²) in [5, 5.41) is 3.42. The zero-order chi connectivity index (χ0) is 12.4. The Labute approximate surface area is 104 Å². The first-order chi connectivity index (χ1) is 8.13. The van der Waals surface area contributed by atoms with Crippen LogP contribution >= 0.6 is 11.5 Å². The third kappa shape index (κ3) is 2.34. The van der Waals surface area contributed by atoms with Crippen molar-refractivity contribution in [3.63, 3.8) is 0 Å². The van der Waals surface area contributed by atoms with Crippen LogP contribution < -0.4 is 16.0 Å². The Balaban J connectivity index is 2.28. The van der Waals surface area contributed by atoms with Crippen LogP contribution in [0.4, 0.5) is 10.8 Å². The molecule has 0 radical (unpaired) electrons. The Bertz CT molecular complexity index is 420. The first-order valence-corrected chi connectivity index (χ1v) is 6.24. The third-order valence-corrected chi connectivity index (χ3v) is 3.61. The van der Waals surface area contributed by atoms with E-state index in [0.29, 0.717) is 18.0 Å². The number of ether oxygens (including phenoxy) is 1. The Morgan fingerprint density at radius 2 is 2.47 bits per heavy atom. The summed E-state index contributed by atoms with van der Waals surface area (Å²) in [6, 6.07) is 0. The van der Waals surface area contributed by atoms with Gasteiger partial charge in [0.1, 0.15) is 10.6 Å². The predicted octanol–water partition coefficient (Wildman–Crippen LogP) is 0.310. The number of carbonyl (C=O) groups is 1. The summed E-state index contributed by atoms with van der Waals surface area (Å²) in [5.74, 6) is 0.105. The number of amides is 1. The van der Waals surface area contributed by atoms with Crippen molar-refractivity contribution in [1.82, 2.24) is 9.69 Å². The fourth-order valence-electron chi connectivity index (χ4n) is 1.85. The Kier molecular flexibility index (Phi) is 3.49. The van der Waals surface area contributed by atoms with E-state index in [4.69, 9.17) is 10.5 Å². The van der Waals surface area contributed by atoms with Gasteiger partial charge in [0.15, 0.2) is 5.82 Å². The second-order valence-corrected chi connectivity index (χ2v) is 4.71. The molecule has 3 N–H and O–H groups in total. The second-order valence-electron chi connectivity index (χ2n) is 3.95. The van der Waals surface area contributed by atoms with E-state index in [1.54, 1.807) is 7.05 Å². The van der Waals surface area contributed by atoms with Gasteiger partial charge >= 0.3 is 0 Å². The van der Waals surface area contributed by atoms with E-state index in [2.05, 4.69) is 14.6 Å². The van der Waals surface area contributed by atoms with Gasteiger partial charge in [-0.05, 0) is 18.5 Å². The molecule has 0 aliphatic carbocycles. The highest BCUT2D eigenvalue weighted by Crippen LogP contribution is 2.31. The SMILES string of the molecule is CNC(=O)c1c(N)nsc1N1CCOC(C)C1. The maximum atomic E-state index is 11.8. The second kappa shape index (κ2) is 4.89. The van der Waals surface area contributed by atoms with Crippen LogP contribution in [-0.2, 0) is 4.74 Å². The number of nitrogen functional groups attached to an aromatic ring is 1. The van der Waals surface area contributed by atoms with Crippen molar-refractivity contribution >= 4 is 28.3 Å². The predicted molar refractivity (Wildman–Crippen MR) is 67.5 cm³/mol. The van der Waals surface area contributed by atoms with E-state index < -0.39 is 0 Å². The lowest BCUT2D eigenvalue weighted by atomic mass is 10.2. The lowest BCUT2D eigenvalue weighted by Gasteiger charge is -2.32. The molecule has 2 rings (SSSR count). The highest BCUT2D eigenvalue weighted by atomic mass is 32.1. The van der Waals surface area contributed by atoms with Crippen LogP contribution in [0.5, 0.6) is 0 Å². The summed E-state index contributed by atoms with van der Waals surface area (Å²) in [7, 11) is 1.59. The van der Waals surface area contributed by atoms with E-state index in [0.717, 1.165) is 18.1 Å². The number of nitrogens with two attached hydrogens (primary N) is 1. The Morgan fingerprint density at radius 3 is 3.12 bits per heavy atom. The molecule has 1 aliphatic rings. The summed E-state index contributed by atoms with van der Waals surface area (Å²) in [6.45, 7) is 4.18. The molecule has 1 aliphatic heterocycles. The smallest absolute Gasteiger partial charge is 0.257 e. The standard InChI is InChI=1S/C10H16N4O2S/c1-6-5-14(3-4-16-6)10-7(9(15)12-2)8(11)13-17-10/h6H,3-5H2,1-2H3,(H2,11,13)(H,12,15). The summed E-state index contributed by atoms with van der Waals surface area (Å²) < 4.78 is 9.54. The topological polar surface area (TPSA) is 80.5 Å². The molecule has 1 atom stereocenters. The molecule has 1 aromatic rings. The van der Waals surface area contributed by atoms with Crippen LogP contribution in [0.15, 0.2) is 0 Å². The van der Waals surface area contributed by atoms with Crippen LogP contribution in [0.3, 0.4) is 0 Å². The van der Waals surface area contributed by atoms with Gasteiger partial charge in [-0.25, -0.2) is 0 Å². The fourth-order valence-corrected chi connectivity index (χ4v) is 2.70. The monoisotopic (exact) mass is 256 g/mol. The van der Waals surface area contributed by atoms with Crippen molar-refractivity contribution < 1.29 is 9.53 Å². The summed E-state index contributed by atoms with van der Waals surface area (Å²) >= 11 is 1.26. The van der Waals surface area contributed by atoms with E-state index in [9.17, 15) is 4.79 Å². The molecule has 1 aromatic heterocycles. The van der Waals surface area contributed by atoms with Gasteiger partial charge in [0.05, 0.1) is 12.7 Å². The summed E-state index contributed by atoms with van der Waals surface area (Å²) in [4.78, 5) is 13.9. The minimum Gasteiger partial charge on any atom is -0.382 e. The molecule has 1 amide bonds. The zero-order valence-corrected chi connectivity index (χ0v) is 10.7. The van der Waals surface area contributed by atoms with Crippen molar-refractivity contribution in [3.05, 3.63) is 5.56 Å². The van der Waals surface area contributed by atoms with Crippen LogP contribution in [-0.4, -0.2) is 43.1 Å². The first kappa shape index (κ1) is 12.1. The Morgan fingerprint density at radius 1 is 1.71 bits per heavy atom. The molecule has 17 heavy (non-hydrogen) atoms. The lowest BCUT2D eigenvalue weighted by Crippen LogP contribution is -2.41.